The lowest BCUT2D eigenvalue weighted by Crippen LogP contribution is -2.48. The van der Waals surface area contributed by atoms with Crippen LogP contribution in [0.1, 0.15) is 43.5 Å². The standard InChI is InChI=1S/C28H35N3O2/c1-31(16-7-12-27-29-24-9-4-5-10-25(24)30-27)17-15-28(32)19-20-13-14-21(28)18-23(20)22-8-3-6-11-26(22)33-2/h3-6,8-11,18,20-21,32H,7,12-17,19H2,1-2H3,(H,29,30)/t20-,21?,28+/m1/s1. The largest absolute Gasteiger partial charge is 0.496 e. The van der Waals surface area contributed by atoms with Crippen LogP contribution < -0.4 is 4.74 Å². The number of aliphatic hydroxyl groups is 1. The first kappa shape index (κ1) is 22.2. The molecule has 1 unspecified atom stereocenters. The van der Waals surface area contributed by atoms with Gasteiger partial charge in [-0.2, -0.15) is 0 Å². The van der Waals surface area contributed by atoms with E-state index in [9.17, 15) is 5.11 Å². The predicted octanol–water partition coefficient (Wildman–Crippen LogP) is 5.07. The Hall–Kier alpha value is -2.63. The molecular formula is C28H35N3O2. The van der Waals surface area contributed by atoms with Crippen LogP contribution in [-0.2, 0) is 6.42 Å². The minimum atomic E-state index is -0.596. The van der Waals surface area contributed by atoms with Crippen molar-refractivity contribution in [3.63, 3.8) is 0 Å². The number of benzene rings is 2. The van der Waals surface area contributed by atoms with Crippen molar-refractivity contribution in [2.75, 3.05) is 27.2 Å². The normalized spacial score (nSPS) is 24.4. The second-order valence-electron chi connectivity index (χ2n) is 9.87. The Balaban J connectivity index is 1.16. The number of nitrogens with one attached hydrogen (secondary N) is 1. The lowest BCUT2D eigenvalue weighted by molar-refractivity contribution is -0.0574. The lowest BCUT2D eigenvalue weighted by Gasteiger charge is -2.48. The summed E-state index contributed by atoms with van der Waals surface area (Å²) in [6, 6.07) is 16.5. The van der Waals surface area contributed by atoms with Crippen LogP contribution in [0.5, 0.6) is 5.75 Å². The SMILES string of the molecule is COc1ccccc1C1=CC2CC[C@@H]1C[C@@]2(O)CCN(C)CCCc1nc2ccccc2[nH]1. The molecule has 33 heavy (non-hydrogen) atoms. The van der Waals surface area contributed by atoms with Gasteiger partial charge in [-0.25, -0.2) is 4.98 Å². The minimum absolute atomic E-state index is 0.228. The van der Waals surface area contributed by atoms with Crippen molar-refractivity contribution in [3.8, 4) is 5.75 Å². The molecule has 1 fully saturated rings. The van der Waals surface area contributed by atoms with Crippen LogP contribution in [0, 0.1) is 11.8 Å². The molecule has 6 rings (SSSR count). The summed E-state index contributed by atoms with van der Waals surface area (Å²) in [7, 11) is 3.90. The topological polar surface area (TPSA) is 61.4 Å². The number of para-hydroxylation sites is 3. The number of H-pyrrole nitrogens is 1. The average Bonchev–Trinajstić information content (AvgIpc) is 3.26. The first-order valence-corrected chi connectivity index (χ1v) is 12.3. The maximum atomic E-state index is 11.6. The number of imidazole rings is 1. The summed E-state index contributed by atoms with van der Waals surface area (Å²) in [5.41, 5.74) is 4.11. The van der Waals surface area contributed by atoms with Gasteiger partial charge in [-0.05, 0) is 75.4 Å². The molecule has 2 bridgehead atoms. The second-order valence-corrected chi connectivity index (χ2v) is 9.87. The fourth-order valence-corrected chi connectivity index (χ4v) is 5.80. The van der Waals surface area contributed by atoms with E-state index < -0.39 is 5.60 Å². The van der Waals surface area contributed by atoms with Gasteiger partial charge in [0, 0.05) is 24.4 Å². The summed E-state index contributed by atoms with van der Waals surface area (Å²) in [5, 5.41) is 11.6. The van der Waals surface area contributed by atoms with Crippen molar-refractivity contribution < 1.29 is 9.84 Å². The van der Waals surface area contributed by atoms with Gasteiger partial charge in [0.2, 0.25) is 0 Å². The molecule has 3 aliphatic carbocycles. The highest BCUT2D eigenvalue weighted by molar-refractivity contribution is 5.75. The second kappa shape index (κ2) is 9.32. The minimum Gasteiger partial charge on any atom is -0.496 e. The Morgan fingerprint density at radius 3 is 2.73 bits per heavy atom. The number of aromatic nitrogens is 2. The zero-order valence-electron chi connectivity index (χ0n) is 19.8. The number of aromatic amines is 1. The number of rotatable bonds is 9. The van der Waals surface area contributed by atoms with Gasteiger partial charge in [-0.1, -0.05) is 36.4 Å². The molecule has 5 nitrogen and oxygen atoms in total. The van der Waals surface area contributed by atoms with Crippen molar-refractivity contribution in [2.24, 2.45) is 11.8 Å². The van der Waals surface area contributed by atoms with Gasteiger partial charge in [0.15, 0.2) is 0 Å². The van der Waals surface area contributed by atoms with Crippen LogP contribution in [0.4, 0.5) is 0 Å². The summed E-state index contributed by atoms with van der Waals surface area (Å²) in [4.78, 5) is 10.5. The molecule has 5 heteroatoms. The highest BCUT2D eigenvalue weighted by Gasteiger charge is 2.46. The third-order valence-corrected chi connectivity index (χ3v) is 7.67. The molecule has 3 aliphatic rings. The van der Waals surface area contributed by atoms with E-state index in [1.54, 1.807) is 7.11 Å². The molecule has 0 radical (unpaired) electrons. The van der Waals surface area contributed by atoms with Gasteiger partial charge in [0.25, 0.3) is 0 Å². The van der Waals surface area contributed by atoms with Crippen LogP contribution in [0.15, 0.2) is 54.6 Å². The molecule has 3 atom stereocenters. The fraction of sp³-hybridized carbons (Fsp3) is 0.464. The Morgan fingerprint density at radius 2 is 1.94 bits per heavy atom. The number of methoxy groups -OCH3 is 1. The van der Waals surface area contributed by atoms with E-state index in [0.29, 0.717) is 5.92 Å². The van der Waals surface area contributed by atoms with E-state index >= 15 is 0 Å². The maximum absolute atomic E-state index is 11.6. The third kappa shape index (κ3) is 4.57. The van der Waals surface area contributed by atoms with Crippen LogP contribution in [0.2, 0.25) is 0 Å². The molecule has 1 heterocycles. The molecule has 174 valence electrons. The van der Waals surface area contributed by atoms with E-state index in [1.165, 1.54) is 11.1 Å². The van der Waals surface area contributed by atoms with Gasteiger partial charge >= 0.3 is 0 Å². The molecule has 1 aromatic heterocycles. The number of fused-ring (bicyclic) bond motifs is 3. The number of aryl methyl sites for hydroxylation is 1. The Labute approximate surface area is 196 Å². The molecule has 0 amide bonds. The predicted molar refractivity (Wildman–Crippen MR) is 133 cm³/mol. The monoisotopic (exact) mass is 445 g/mol. The van der Waals surface area contributed by atoms with E-state index in [2.05, 4.69) is 46.2 Å². The van der Waals surface area contributed by atoms with Gasteiger partial charge in [-0.15, -0.1) is 0 Å². The Bertz CT molecular complexity index is 1100. The van der Waals surface area contributed by atoms with Crippen LogP contribution in [-0.4, -0.2) is 52.8 Å². The number of hydrogen-bond donors (Lipinski definition) is 2. The number of nitrogens with zero attached hydrogens (tertiary/aromatic N) is 2. The molecule has 0 spiro atoms. The van der Waals surface area contributed by atoms with Crippen LogP contribution in [0.3, 0.4) is 0 Å². The average molecular weight is 446 g/mol. The van der Waals surface area contributed by atoms with E-state index in [0.717, 1.165) is 74.2 Å². The van der Waals surface area contributed by atoms with Gasteiger partial charge in [-0.3, -0.25) is 0 Å². The number of ether oxygens (including phenoxy) is 1. The lowest BCUT2D eigenvalue weighted by atomic mass is 9.61. The van der Waals surface area contributed by atoms with Crippen molar-refractivity contribution >= 4 is 16.6 Å². The number of allylic oxidation sites excluding steroid dienone is 1. The zero-order valence-corrected chi connectivity index (χ0v) is 19.8. The first-order chi connectivity index (χ1) is 16.1. The summed E-state index contributed by atoms with van der Waals surface area (Å²) in [6.07, 6.45) is 8.26. The summed E-state index contributed by atoms with van der Waals surface area (Å²) in [5.74, 6) is 2.63. The van der Waals surface area contributed by atoms with E-state index in [-0.39, 0.29) is 5.92 Å². The Morgan fingerprint density at radius 1 is 1.12 bits per heavy atom. The quantitative estimate of drug-likeness (QED) is 0.483. The highest BCUT2D eigenvalue weighted by atomic mass is 16.5. The van der Waals surface area contributed by atoms with Crippen LogP contribution in [0.25, 0.3) is 16.6 Å². The Kier molecular flexibility index (Phi) is 6.26. The van der Waals surface area contributed by atoms with E-state index in [4.69, 9.17) is 4.74 Å². The maximum Gasteiger partial charge on any atom is 0.126 e. The van der Waals surface area contributed by atoms with Gasteiger partial charge in [0.1, 0.15) is 11.6 Å². The van der Waals surface area contributed by atoms with Gasteiger partial charge in [0.05, 0.1) is 23.7 Å². The molecule has 3 aromatic rings. The highest BCUT2D eigenvalue weighted by Crippen LogP contribution is 2.52. The van der Waals surface area contributed by atoms with E-state index in [1.807, 2.05) is 30.3 Å². The molecular weight excluding hydrogens is 410 g/mol. The first-order valence-electron chi connectivity index (χ1n) is 12.3. The van der Waals surface area contributed by atoms with Crippen LogP contribution >= 0.6 is 0 Å². The summed E-state index contributed by atoms with van der Waals surface area (Å²) in [6.45, 7) is 1.92. The molecule has 1 saturated carbocycles. The van der Waals surface area contributed by atoms with Gasteiger partial charge < -0.3 is 19.7 Å². The summed E-state index contributed by atoms with van der Waals surface area (Å²) >= 11 is 0. The van der Waals surface area contributed by atoms with Crippen molar-refractivity contribution in [3.05, 3.63) is 66.0 Å². The fourth-order valence-electron chi connectivity index (χ4n) is 5.80. The summed E-state index contributed by atoms with van der Waals surface area (Å²) < 4.78 is 5.61. The smallest absolute Gasteiger partial charge is 0.126 e. The molecule has 0 aliphatic heterocycles. The zero-order chi connectivity index (χ0) is 22.8. The number of hydrogen-bond acceptors (Lipinski definition) is 4. The van der Waals surface area contributed by atoms with Crippen molar-refractivity contribution in [2.45, 2.75) is 44.1 Å². The molecule has 2 aromatic carbocycles. The van der Waals surface area contributed by atoms with Crippen molar-refractivity contribution in [1.29, 1.82) is 0 Å². The third-order valence-electron chi connectivity index (χ3n) is 7.67. The van der Waals surface area contributed by atoms with Crippen molar-refractivity contribution in [1.82, 2.24) is 14.9 Å². The molecule has 0 saturated heterocycles. The molecule has 2 N–H and O–H groups in total.